The Hall–Kier alpha value is -3.15. The number of fused-ring (bicyclic) bond motifs is 1. The molecule has 0 aliphatic carbocycles. The second-order valence-electron chi connectivity index (χ2n) is 5.46. The summed E-state index contributed by atoms with van der Waals surface area (Å²) in [6.45, 7) is 1.59. The van der Waals surface area contributed by atoms with Crippen LogP contribution >= 0.6 is 0 Å². The average Bonchev–Trinajstić information content (AvgIpc) is 2.60. The zero-order valence-electron chi connectivity index (χ0n) is 13.9. The predicted molar refractivity (Wildman–Crippen MR) is 93.6 cm³/mol. The van der Waals surface area contributed by atoms with Crippen molar-refractivity contribution in [3.05, 3.63) is 60.0 Å². The van der Waals surface area contributed by atoms with E-state index < -0.39 is 0 Å². The monoisotopic (exact) mass is 340 g/mol. The Kier molecular flexibility index (Phi) is 4.79. The number of hydrogen-bond acceptors (Lipinski definition) is 4. The van der Waals surface area contributed by atoms with E-state index in [2.05, 4.69) is 10.3 Å². The van der Waals surface area contributed by atoms with Crippen molar-refractivity contribution in [2.24, 2.45) is 0 Å². The molecular formula is C19H17FN2O3. The van der Waals surface area contributed by atoms with Gasteiger partial charge in [-0.2, -0.15) is 0 Å². The summed E-state index contributed by atoms with van der Waals surface area (Å²) >= 11 is 0. The summed E-state index contributed by atoms with van der Waals surface area (Å²) in [7, 11) is 1.53. The van der Waals surface area contributed by atoms with Gasteiger partial charge in [0.05, 0.1) is 18.3 Å². The van der Waals surface area contributed by atoms with Crippen LogP contribution < -0.4 is 14.8 Å². The van der Waals surface area contributed by atoms with E-state index >= 15 is 0 Å². The van der Waals surface area contributed by atoms with Crippen LogP contribution in [0.1, 0.15) is 5.69 Å². The minimum Gasteiger partial charge on any atom is -0.495 e. The van der Waals surface area contributed by atoms with Crippen molar-refractivity contribution in [2.75, 3.05) is 19.0 Å². The Balaban J connectivity index is 1.76. The molecule has 0 fully saturated rings. The molecule has 3 rings (SSSR count). The van der Waals surface area contributed by atoms with Crippen molar-refractivity contribution < 1.29 is 18.7 Å². The first-order chi connectivity index (χ1) is 12.1. The molecule has 1 heterocycles. The molecule has 0 bridgehead atoms. The third kappa shape index (κ3) is 3.85. The highest BCUT2D eigenvalue weighted by Gasteiger charge is 2.11. The highest BCUT2D eigenvalue weighted by atomic mass is 19.1. The molecule has 0 unspecified atom stereocenters. The molecule has 0 saturated heterocycles. The van der Waals surface area contributed by atoms with Gasteiger partial charge in [0.15, 0.2) is 6.61 Å². The molecule has 0 atom stereocenters. The molecule has 1 aromatic heterocycles. The lowest BCUT2D eigenvalue weighted by Crippen LogP contribution is -2.20. The van der Waals surface area contributed by atoms with Gasteiger partial charge in [0.2, 0.25) is 0 Å². The van der Waals surface area contributed by atoms with Gasteiger partial charge in [-0.1, -0.05) is 12.1 Å². The number of para-hydroxylation sites is 2. The second kappa shape index (κ2) is 7.17. The molecule has 25 heavy (non-hydrogen) atoms. The molecule has 0 aliphatic heterocycles. The average molecular weight is 340 g/mol. The van der Waals surface area contributed by atoms with Crippen molar-refractivity contribution in [3.63, 3.8) is 0 Å². The van der Waals surface area contributed by atoms with E-state index in [4.69, 9.17) is 9.47 Å². The molecule has 1 N–H and O–H groups in total. The maximum Gasteiger partial charge on any atom is 0.262 e. The number of anilines is 1. The van der Waals surface area contributed by atoms with Crippen molar-refractivity contribution in [1.29, 1.82) is 0 Å². The fourth-order valence-corrected chi connectivity index (χ4v) is 2.49. The number of rotatable bonds is 5. The molecule has 1 amide bonds. The molecule has 0 aliphatic rings. The molecule has 5 nitrogen and oxygen atoms in total. The number of carbonyl (C=O) groups is 1. The largest absolute Gasteiger partial charge is 0.495 e. The van der Waals surface area contributed by atoms with Crippen LogP contribution in [0.25, 0.3) is 10.9 Å². The van der Waals surface area contributed by atoms with Crippen molar-refractivity contribution in [1.82, 2.24) is 4.98 Å². The van der Waals surface area contributed by atoms with Gasteiger partial charge in [-0.05, 0) is 37.3 Å². The van der Waals surface area contributed by atoms with E-state index in [-0.39, 0.29) is 18.3 Å². The number of nitrogens with zero attached hydrogens (tertiary/aromatic N) is 1. The van der Waals surface area contributed by atoms with Gasteiger partial charge in [-0.25, -0.2) is 4.39 Å². The number of pyridine rings is 1. The predicted octanol–water partition coefficient (Wildman–Crippen LogP) is 3.71. The highest BCUT2D eigenvalue weighted by Crippen LogP contribution is 2.27. The van der Waals surface area contributed by atoms with E-state index in [1.807, 2.05) is 13.0 Å². The van der Waals surface area contributed by atoms with Gasteiger partial charge in [-0.3, -0.25) is 9.78 Å². The fourth-order valence-electron chi connectivity index (χ4n) is 2.49. The number of nitrogens with one attached hydrogen (secondary N) is 1. The molecule has 3 aromatic rings. The summed E-state index contributed by atoms with van der Waals surface area (Å²) in [5, 5.41) is 3.25. The Morgan fingerprint density at radius 3 is 2.76 bits per heavy atom. The Morgan fingerprint density at radius 2 is 1.96 bits per heavy atom. The lowest BCUT2D eigenvalue weighted by molar-refractivity contribution is -0.118. The minimum atomic E-state index is -0.388. The van der Waals surface area contributed by atoms with E-state index in [9.17, 15) is 9.18 Å². The van der Waals surface area contributed by atoms with Crippen LogP contribution in [0.15, 0.2) is 48.5 Å². The maximum atomic E-state index is 13.5. The fraction of sp³-hybridized carbons (Fsp3) is 0.158. The quantitative estimate of drug-likeness (QED) is 0.769. The summed E-state index contributed by atoms with van der Waals surface area (Å²) in [5.41, 5.74) is 1.89. The van der Waals surface area contributed by atoms with E-state index in [1.165, 1.54) is 19.2 Å². The maximum absolute atomic E-state index is 13.5. The van der Waals surface area contributed by atoms with Crippen LogP contribution in [-0.2, 0) is 4.79 Å². The van der Waals surface area contributed by atoms with Crippen LogP contribution in [0.4, 0.5) is 10.1 Å². The van der Waals surface area contributed by atoms with Crippen molar-refractivity contribution >= 4 is 22.5 Å². The molecule has 128 valence electrons. The number of halogens is 1. The van der Waals surface area contributed by atoms with Crippen molar-refractivity contribution in [3.8, 4) is 11.5 Å². The zero-order chi connectivity index (χ0) is 17.8. The van der Waals surface area contributed by atoms with Crippen molar-refractivity contribution in [2.45, 2.75) is 6.92 Å². The number of amides is 1. The Bertz CT molecular complexity index is 928. The minimum absolute atomic E-state index is 0.215. The Labute approximate surface area is 144 Å². The molecule has 0 saturated carbocycles. The van der Waals surface area contributed by atoms with Gasteiger partial charge in [0, 0.05) is 17.1 Å². The first-order valence-corrected chi connectivity index (χ1v) is 7.69. The molecular weight excluding hydrogens is 323 g/mol. The number of benzene rings is 2. The second-order valence-corrected chi connectivity index (χ2v) is 5.46. The summed E-state index contributed by atoms with van der Waals surface area (Å²) < 4.78 is 24.3. The number of methoxy groups -OCH3 is 1. The van der Waals surface area contributed by atoms with E-state index in [0.29, 0.717) is 28.1 Å². The van der Waals surface area contributed by atoms with Crippen LogP contribution in [-0.4, -0.2) is 24.6 Å². The third-order valence-corrected chi connectivity index (χ3v) is 3.60. The van der Waals surface area contributed by atoms with Gasteiger partial charge < -0.3 is 14.8 Å². The van der Waals surface area contributed by atoms with E-state index in [1.54, 1.807) is 30.3 Å². The highest BCUT2D eigenvalue weighted by molar-refractivity contribution is 5.93. The van der Waals surface area contributed by atoms with Gasteiger partial charge in [0.1, 0.15) is 17.3 Å². The number of aromatic nitrogens is 1. The molecule has 0 spiro atoms. The zero-order valence-corrected chi connectivity index (χ0v) is 13.9. The number of ether oxygens (including phenoxy) is 2. The normalized spacial score (nSPS) is 10.5. The lowest BCUT2D eigenvalue weighted by Gasteiger charge is -2.12. The standard InChI is InChI=1S/C19H17FN2O3/c1-12-9-18(14-10-13(20)7-8-15(14)21-12)25-11-19(23)22-16-5-3-4-6-17(16)24-2/h3-10H,11H2,1-2H3,(H,22,23). The van der Waals surface area contributed by atoms with E-state index in [0.717, 1.165) is 5.69 Å². The number of carbonyl (C=O) groups excluding carboxylic acids is 1. The smallest absolute Gasteiger partial charge is 0.262 e. The Morgan fingerprint density at radius 1 is 1.16 bits per heavy atom. The van der Waals surface area contributed by atoms with Crippen LogP contribution in [0.3, 0.4) is 0 Å². The lowest BCUT2D eigenvalue weighted by atomic mass is 10.2. The topological polar surface area (TPSA) is 60.5 Å². The molecule has 6 heteroatoms. The molecule has 2 aromatic carbocycles. The summed E-state index contributed by atoms with van der Waals surface area (Å²) in [6, 6.07) is 13.0. The molecule has 0 radical (unpaired) electrons. The first-order valence-electron chi connectivity index (χ1n) is 7.69. The first kappa shape index (κ1) is 16.7. The van der Waals surface area contributed by atoms with Gasteiger partial charge in [0.25, 0.3) is 5.91 Å². The third-order valence-electron chi connectivity index (χ3n) is 3.60. The summed E-state index contributed by atoms with van der Waals surface area (Å²) in [4.78, 5) is 16.5. The SMILES string of the molecule is COc1ccccc1NC(=O)COc1cc(C)nc2ccc(F)cc12. The van der Waals surface area contributed by atoms with Crippen LogP contribution in [0.2, 0.25) is 0 Å². The van der Waals surface area contributed by atoms with Crippen LogP contribution in [0.5, 0.6) is 11.5 Å². The van der Waals surface area contributed by atoms with Gasteiger partial charge >= 0.3 is 0 Å². The number of hydrogen-bond donors (Lipinski definition) is 1. The van der Waals surface area contributed by atoms with Gasteiger partial charge in [-0.15, -0.1) is 0 Å². The van der Waals surface area contributed by atoms with Crippen LogP contribution in [0, 0.1) is 12.7 Å². The number of aryl methyl sites for hydroxylation is 1. The summed E-state index contributed by atoms with van der Waals surface area (Å²) in [6.07, 6.45) is 0. The summed E-state index contributed by atoms with van der Waals surface area (Å²) in [5.74, 6) is 0.241.